The molecule has 0 aromatic heterocycles. The lowest BCUT2D eigenvalue weighted by molar-refractivity contribution is -0.125. The number of thioether (sulfide) groups is 1. The van der Waals surface area contributed by atoms with Gasteiger partial charge in [0.2, 0.25) is 5.91 Å². The molecule has 0 radical (unpaired) electrons. The Bertz CT molecular complexity index is 1070. The fourth-order valence-electron chi connectivity index (χ4n) is 3.59. The number of ether oxygens (including phenoxy) is 2. The van der Waals surface area contributed by atoms with Crippen LogP contribution < -0.4 is 14.8 Å². The molecule has 2 aromatic rings. The largest absolute Gasteiger partial charge is 0.497 e. The summed E-state index contributed by atoms with van der Waals surface area (Å²) in [7, 11) is 3.13. The van der Waals surface area contributed by atoms with E-state index in [2.05, 4.69) is 10.3 Å². The number of amides is 2. The molecule has 1 saturated heterocycles. The van der Waals surface area contributed by atoms with E-state index in [1.165, 1.54) is 11.8 Å². The van der Waals surface area contributed by atoms with E-state index < -0.39 is 6.04 Å². The van der Waals surface area contributed by atoms with Gasteiger partial charge in [-0.1, -0.05) is 30.0 Å². The molecule has 1 N–H and O–H groups in total. The van der Waals surface area contributed by atoms with Crippen molar-refractivity contribution in [2.45, 2.75) is 13.0 Å². The first kappa shape index (κ1) is 20.0. The summed E-state index contributed by atoms with van der Waals surface area (Å²) < 4.78 is 10.9. The van der Waals surface area contributed by atoms with Gasteiger partial charge >= 0.3 is 0 Å². The van der Waals surface area contributed by atoms with E-state index in [9.17, 15) is 9.59 Å². The average molecular weight is 423 g/mol. The number of allylic oxidation sites excluding steroid dienone is 1. The van der Waals surface area contributed by atoms with E-state index in [1.807, 2.05) is 36.4 Å². The number of aliphatic imine (C=N–C) groups is 1. The molecule has 2 aliphatic rings. The van der Waals surface area contributed by atoms with E-state index in [1.54, 1.807) is 38.2 Å². The highest BCUT2D eigenvalue weighted by Gasteiger charge is 2.43. The van der Waals surface area contributed by atoms with Crippen molar-refractivity contribution in [1.29, 1.82) is 0 Å². The van der Waals surface area contributed by atoms with Gasteiger partial charge in [-0.15, -0.1) is 0 Å². The number of nitrogens with zero attached hydrogens (tertiary/aromatic N) is 2. The zero-order chi connectivity index (χ0) is 21.3. The molecular weight excluding hydrogens is 402 g/mol. The Morgan fingerprint density at radius 3 is 2.63 bits per heavy atom. The van der Waals surface area contributed by atoms with Crippen molar-refractivity contribution in [3.8, 4) is 11.5 Å². The van der Waals surface area contributed by atoms with Gasteiger partial charge in [0.25, 0.3) is 5.91 Å². The smallest absolute Gasteiger partial charge is 0.255 e. The molecule has 0 bridgehead atoms. The molecule has 154 valence electrons. The van der Waals surface area contributed by atoms with Gasteiger partial charge < -0.3 is 14.8 Å². The van der Waals surface area contributed by atoms with Crippen LogP contribution in [0.4, 0.5) is 5.69 Å². The minimum absolute atomic E-state index is 0.0980. The van der Waals surface area contributed by atoms with Crippen LogP contribution in [0.1, 0.15) is 18.5 Å². The maximum Gasteiger partial charge on any atom is 0.255 e. The first-order valence-corrected chi connectivity index (χ1v) is 10.3. The topological polar surface area (TPSA) is 80.2 Å². The monoisotopic (exact) mass is 423 g/mol. The Balaban J connectivity index is 1.83. The molecule has 2 heterocycles. The summed E-state index contributed by atoms with van der Waals surface area (Å²) in [4.78, 5) is 32.2. The van der Waals surface area contributed by atoms with Crippen LogP contribution in [-0.2, 0) is 9.59 Å². The second-order valence-electron chi connectivity index (χ2n) is 6.78. The highest BCUT2D eigenvalue weighted by atomic mass is 32.2. The zero-order valence-electron chi connectivity index (χ0n) is 16.8. The average Bonchev–Trinajstić information content (AvgIpc) is 3.13. The van der Waals surface area contributed by atoms with Gasteiger partial charge in [-0.05, 0) is 31.2 Å². The summed E-state index contributed by atoms with van der Waals surface area (Å²) in [5, 5.41) is 3.51. The third kappa shape index (κ3) is 3.54. The first-order valence-electron chi connectivity index (χ1n) is 9.36. The van der Waals surface area contributed by atoms with Gasteiger partial charge in [0.1, 0.15) is 11.5 Å². The molecule has 0 unspecified atom stereocenters. The second-order valence-corrected chi connectivity index (χ2v) is 7.72. The van der Waals surface area contributed by atoms with Crippen LogP contribution in [0.2, 0.25) is 0 Å². The van der Waals surface area contributed by atoms with E-state index >= 15 is 0 Å². The molecule has 2 aliphatic heterocycles. The van der Waals surface area contributed by atoms with Crippen molar-refractivity contribution in [2.75, 3.05) is 25.3 Å². The maximum atomic E-state index is 13.3. The number of para-hydroxylation sites is 1. The maximum absolute atomic E-state index is 13.3. The number of carbonyl (C=O) groups is 2. The molecular formula is C22H21N3O4S. The SMILES string of the molecule is COc1ccc([C@@H]2C(C(=O)Nc3ccccc3)=C(C)N=C3SCC(=O)N32)c(OC)c1. The lowest BCUT2D eigenvalue weighted by Gasteiger charge is -2.34. The van der Waals surface area contributed by atoms with Crippen LogP contribution in [-0.4, -0.2) is 41.9 Å². The lowest BCUT2D eigenvalue weighted by atomic mass is 9.92. The third-order valence-corrected chi connectivity index (χ3v) is 5.93. The predicted octanol–water partition coefficient (Wildman–Crippen LogP) is 3.60. The summed E-state index contributed by atoms with van der Waals surface area (Å²) in [6.07, 6.45) is 0. The highest BCUT2D eigenvalue weighted by molar-refractivity contribution is 8.15. The number of benzene rings is 2. The van der Waals surface area contributed by atoms with Crippen molar-refractivity contribution in [3.63, 3.8) is 0 Å². The number of amidine groups is 1. The van der Waals surface area contributed by atoms with Crippen LogP contribution in [0.5, 0.6) is 11.5 Å². The Labute approximate surface area is 178 Å². The molecule has 2 amide bonds. The van der Waals surface area contributed by atoms with Crippen LogP contribution >= 0.6 is 11.8 Å². The van der Waals surface area contributed by atoms with Crippen molar-refractivity contribution in [3.05, 3.63) is 65.4 Å². The fraction of sp³-hybridized carbons (Fsp3) is 0.227. The van der Waals surface area contributed by atoms with Gasteiger partial charge in [0, 0.05) is 17.3 Å². The third-order valence-electron chi connectivity index (χ3n) is 5.00. The van der Waals surface area contributed by atoms with Crippen molar-refractivity contribution >= 4 is 34.4 Å². The van der Waals surface area contributed by atoms with Gasteiger partial charge in [0.15, 0.2) is 5.17 Å². The van der Waals surface area contributed by atoms with Gasteiger partial charge in [-0.3, -0.25) is 14.5 Å². The summed E-state index contributed by atoms with van der Waals surface area (Å²) in [5.74, 6) is 1.03. The zero-order valence-corrected chi connectivity index (χ0v) is 17.7. The number of hydrogen-bond donors (Lipinski definition) is 1. The summed E-state index contributed by atoms with van der Waals surface area (Å²) in [5.41, 5.74) is 2.33. The number of rotatable bonds is 5. The molecule has 0 aliphatic carbocycles. The molecule has 1 fully saturated rings. The minimum atomic E-state index is -0.649. The van der Waals surface area contributed by atoms with Crippen LogP contribution in [0.3, 0.4) is 0 Å². The van der Waals surface area contributed by atoms with Crippen LogP contribution in [0.25, 0.3) is 0 Å². The predicted molar refractivity (Wildman–Crippen MR) is 117 cm³/mol. The molecule has 0 spiro atoms. The lowest BCUT2D eigenvalue weighted by Crippen LogP contribution is -2.40. The Hall–Kier alpha value is -3.26. The van der Waals surface area contributed by atoms with Gasteiger partial charge in [-0.2, -0.15) is 0 Å². The quantitative estimate of drug-likeness (QED) is 0.795. The van der Waals surface area contributed by atoms with Crippen LogP contribution in [0, 0.1) is 0 Å². The number of carbonyl (C=O) groups excluding carboxylic acids is 2. The summed E-state index contributed by atoms with van der Waals surface area (Å²) in [6, 6.07) is 13.9. The summed E-state index contributed by atoms with van der Waals surface area (Å²) >= 11 is 1.37. The number of nitrogens with one attached hydrogen (secondary N) is 1. The van der Waals surface area contributed by atoms with Gasteiger partial charge in [0.05, 0.1) is 37.3 Å². The normalized spacial score (nSPS) is 18.1. The molecule has 0 saturated carbocycles. The Morgan fingerprint density at radius 1 is 1.17 bits per heavy atom. The molecule has 7 nitrogen and oxygen atoms in total. The van der Waals surface area contributed by atoms with Crippen molar-refractivity contribution < 1.29 is 19.1 Å². The number of anilines is 1. The molecule has 4 rings (SSSR count). The van der Waals surface area contributed by atoms with Crippen molar-refractivity contribution in [2.24, 2.45) is 4.99 Å². The second kappa shape index (κ2) is 8.23. The Kier molecular flexibility index (Phi) is 5.50. The molecule has 8 heteroatoms. The highest BCUT2D eigenvalue weighted by Crippen LogP contribution is 2.44. The van der Waals surface area contributed by atoms with E-state index in [0.29, 0.717) is 39.2 Å². The standard InChI is InChI=1S/C22H21N3O4S/c1-13-19(21(27)24-14-7-5-4-6-8-14)20(25-18(26)12-30-22(25)23-13)16-10-9-15(28-2)11-17(16)29-3/h4-11,20H,12H2,1-3H3,(H,24,27)/t20-/m1/s1. The van der Waals surface area contributed by atoms with Crippen LogP contribution in [0.15, 0.2) is 64.8 Å². The number of fused-ring (bicyclic) bond motifs is 1. The molecule has 2 aromatic carbocycles. The van der Waals surface area contributed by atoms with E-state index in [-0.39, 0.29) is 17.6 Å². The minimum Gasteiger partial charge on any atom is -0.497 e. The molecule has 1 atom stereocenters. The summed E-state index contributed by atoms with van der Waals surface area (Å²) in [6.45, 7) is 1.79. The number of methoxy groups -OCH3 is 2. The van der Waals surface area contributed by atoms with E-state index in [0.717, 1.165) is 0 Å². The first-order chi connectivity index (χ1) is 14.5. The van der Waals surface area contributed by atoms with E-state index in [4.69, 9.17) is 9.47 Å². The van der Waals surface area contributed by atoms with Crippen molar-refractivity contribution in [1.82, 2.24) is 4.90 Å². The molecule has 30 heavy (non-hydrogen) atoms. The number of hydrogen-bond acceptors (Lipinski definition) is 6. The Morgan fingerprint density at radius 2 is 1.93 bits per heavy atom. The van der Waals surface area contributed by atoms with Gasteiger partial charge in [-0.25, -0.2) is 4.99 Å². The fourth-order valence-corrected chi connectivity index (χ4v) is 4.53.